The average Bonchev–Trinajstić information content (AvgIpc) is 1.86. The van der Waals surface area contributed by atoms with Crippen molar-refractivity contribution in [2.45, 2.75) is 0 Å². The molecular formula is C4H3FGe. The van der Waals surface area contributed by atoms with Crippen LogP contribution in [-0.2, 0) is 0 Å². The minimum atomic E-state index is -0.123. The second kappa shape index (κ2) is 1.60. The Kier molecular flexibility index (Phi) is 1.10. The molecule has 0 radical (unpaired) electrons. The summed E-state index contributed by atoms with van der Waals surface area (Å²) in [6.07, 6.45) is 1.53. The van der Waals surface area contributed by atoms with Gasteiger partial charge in [-0.25, -0.2) is 0 Å². The predicted molar refractivity (Wildman–Crippen MR) is 27.1 cm³/mol. The van der Waals surface area contributed by atoms with Gasteiger partial charge < -0.3 is 0 Å². The Hall–Kier alpha value is -0.0471. The first-order chi connectivity index (χ1) is 2.89. The summed E-state index contributed by atoms with van der Waals surface area (Å²) in [5, 5.41) is 0. The van der Waals surface area contributed by atoms with Crippen molar-refractivity contribution in [1.82, 2.24) is 0 Å². The Morgan fingerprint density at radius 1 is 1.67 bits per heavy atom. The van der Waals surface area contributed by atoms with Crippen LogP contribution in [0.5, 0.6) is 0 Å². The van der Waals surface area contributed by atoms with E-state index >= 15 is 0 Å². The molecule has 0 unspecified atom stereocenters. The summed E-state index contributed by atoms with van der Waals surface area (Å²) in [5.41, 5.74) is 0. The molecule has 1 aliphatic heterocycles. The van der Waals surface area contributed by atoms with E-state index in [0.29, 0.717) is 0 Å². The van der Waals surface area contributed by atoms with Gasteiger partial charge in [0.25, 0.3) is 0 Å². The van der Waals surface area contributed by atoms with Crippen LogP contribution in [0.4, 0.5) is 4.39 Å². The van der Waals surface area contributed by atoms with Crippen molar-refractivity contribution in [3.63, 3.8) is 0 Å². The van der Waals surface area contributed by atoms with Crippen molar-refractivity contribution in [3.05, 3.63) is 11.9 Å². The average molecular weight is 143 g/mol. The molecule has 0 spiro atoms. The first kappa shape index (κ1) is 4.12. The van der Waals surface area contributed by atoms with E-state index in [1.807, 2.05) is 4.85 Å². The van der Waals surface area contributed by atoms with E-state index in [9.17, 15) is 4.39 Å². The second-order valence-corrected chi connectivity index (χ2v) is 3.03. The van der Waals surface area contributed by atoms with Crippen molar-refractivity contribution < 1.29 is 4.39 Å². The van der Waals surface area contributed by atoms with Crippen molar-refractivity contribution in [2.24, 2.45) is 0 Å². The number of hydrogen-bond donors (Lipinski definition) is 0. The molecule has 0 saturated carbocycles. The maximum atomic E-state index is 11.7. The summed E-state index contributed by atoms with van der Waals surface area (Å²) in [5.74, 6) is -0.0463. The molecule has 0 fully saturated rings. The van der Waals surface area contributed by atoms with E-state index in [1.165, 1.54) is 6.08 Å². The molecular weight excluding hydrogens is 140 g/mol. The molecule has 1 rings (SSSR count). The predicted octanol–water partition coefficient (Wildman–Crippen LogP) is 0.162. The number of allylic oxidation sites excluding steroid dienone is 2. The minimum absolute atomic E-state index is 0.0463. The number of rotatable bonds is 0. The Bertz CT molecular complexity index is 140. The summed E-state index contributed by atoms with van der Waals surface area (Å²) < 4.78 is 11.7. The van der Waals surface area contributed by atoms with Gasteiger partial charge in [-0.3, -0.25) is 0 Å². The quantitative estimate of drug-likeness (QED) is 0.423. The van der Waals surface area contributed by atoms with Crippen LogP contribution in [0.3, 0.4) is 0 Å². The van der Waals surface area contributed by atoms with E-state index in [0.717, 1.165) is 0 Å². The molecule has 30 valence electrons. The Labute approximate surface area is 41.2 Å². The van der Waals surface area contributed by atoms with Crippen LogP contribution in [0.15, 0.2) is 11.9 Å². The fourth-order valence-corrected chi connectivity index (χ4v) is 1.58. The molecule has 0 amide bonds. The Morgan fingerprint density at radius 2 is 2.50 bits per heavy atom. The Balaban J connectivity index is 2.88. The third kappa shape index (κ3) is 0.713. The summed E-state index contributed by atoms with van der Waals surface area (Å²) in [4.78, 5) is 3.58. The standard InChI is InChI=1S/C4H3FGe/c5-4-1-2-6-3-4/h1-3H. The first-order valence-electron chi connectivity index (χ1n) is 1.68. The normalized spacial score (nSPS) is 15.8. The van der Waals surface area contributed by atoms with Gasteiger partial charge in [0.05, 0.1) is 0 Å². The van der Waals surface area contributed by atoms with Gasteiger partial charge >= 0.3 is 40.5 Å². The van der Waals surface area contributed by atoms with Gasteiger partial charge in [0.1, 0.15) is 0 Å². The van der Waals surface area contributed by atoms with Crippen molar-refractivity contribution >= 4 is 24.3 Å². The molecule has 0 aromatic rings. The van der Waals surface area contributed by atoms with E-state index in [2.05, 4.69) is 0 Å². The van der Waals surface area contributed by atoms with Gasteiger partial charge in [-0.1, -0.05) is 0 Å². The van der Waals surface area contributed by atoms with Gasteiger partial charge in [-0.2, -0.15) is 0 Å². The summed E-state index contributed by atoms with van der Waals surface area (Å²) in [6, 6.07) is 0. The monoisotopic (exact) mass is 144 g/mol. The van der Waals surface area contributed by atoms with Gasteiger partial charge in [-0.15, -0.1) is 0 Å². The molecule has 2 heteroatoms. The van der Waals surface area contributed by atoms with Crippen LogP contribution in [-0.4, -0.2) is 24.3 Å². The maximum absolute atomic E-state index is 11.7. The molecule has 0 aliphatic carbocycles. The second-order valence-electron chi connectivity index (χ2n) is 1.03. The molecule has 0 N–H and O–H groups in total. The number of hydrogen-bond acceptors (Lipinski definition) is 0. The Morgan fingerprint density at radius 3 is 2.67 bits per heavy atom. The zero-order valence-corrected chi connectivity index (χ0v) is 5.21. The van der Waals surface area contributed by atoms with Crippen molar-refractivity contribution in [2.75, 3.05) is 0 Å². The third-order valence-corrected chi connectivity index (χ3v) is 2.24. The first-order valence-corrected chi connectivity index (χ1v) is 4.10. The summed E-state index contributed by atoms with van der Waals surface area (Å²) in [7, 11) is 0. The van der Waals surface area contributed by atoms with Crippen LogP contribution in [0.25, 0.3) is 0 Å². The summed E-state index contributed by atoms with van der Waals surface area (Å²) >= 11 is -0.123. The van der Waals surface area contributed by atoms with Crippen LogP contribution < -0.4 is 0 Å². The van der Waals surface area contributed by atoms with Gasteiger partial charge in [0, 0.05) is 0 Å². The molecule has 0 aromatic carbocycles. The van der Waals surface area contributed by atoms with Gasteiger partial charge in [0.15, 0.2) is 0 Å². The zero-order chi connectivity index (χ0) is 4.41. The molecule has 0 saturated heterocycles. The molecule has 1 heterocycles. The molecule has 0 bridgehead atoms. The fraction of sp³-hybridized carbons (Fsp3) is 0. The zero-order valence-electron chi connectivity index (χ0n) is 3.11. The van der Waals surface area contributed by atoms with Crippen molar-refractivity contribution in [3.8, 4) is 0 Å². The molecule has 0 nitrogen and oxygen atoms in total. The van der Waals surface area contributed by atoms with E-state index in [4.69, 9.17) is 0 Å². The fourth-order valence-electron chi connectivity index (χ4n) is 0.304. The summed E-state index contributed by atoms with van der Waals surface area (Å²) in [6.45, 7) is 0. The van der Waals surface area contributed by atoms with Crippen molar-refractivity contribution in [1.29, 1.82) is 0 Å². The molecule has 0 atom stereocenters. The van der Waals surface area contributed by atoms with E-state index in [1.54, 1.807) is 4.85 Å². The molecule has 0 aromatic heterocycles. The SMILES string of the molecule is FC1=C[CH]=[Ge]=[CH]1. The van der Waals surface area contributed by atoms with Crippen LogP contribution in [0.1, 0.15) is 0 Å². The van der Waals surface area contributed by atoms with Crippen LogP contribution in [0.2, 0.25) is 0 Å². The van der Waals surface area contributed by atoms with Crippen LogP contribution in [0, 0.1) is 0 Å². The molecule has 6 heavy (non-hydrogen) atoms. The number of halogens is 1. The molecule has 1 aliphatic rings. The third-order valence-electron chi connectivity index (χ3n) is 0.560. The van der Waals surface area contributed by atoms with Gasteiger partial charge in [0.2, 0.25) is 0 Å². The van der Waals surface area contributed by atoms with Gasteiger partial charge in [-0.05, 0) is 0 Å². The topological polar surface area (TPSA) is 0 Å². The van der Waals surface area contributed by atoms with E-state index in [-0.39, 0.29) is 20.4 Å². The van der Waals surface area contributed by atoms with E-state index < -0.39 is 0 Å². The van der Waals surface area contributed by atoms with Crippen LogP contribution >= 0.6 is 0 Å².